The minimum absolute atomic E-state index is 0.228. The van der Waals surface area contributed by atoms with Gasteiger partial charge in [-0.25, -0.2) is 4.79 Å². The van der Waals surface area contributed by atoms with E-state index < -0.39 is 5.97 Å². The van der Waals surface area contributed by atoms with Gasteiger partial charge in [0.25, 0.3) is 5.91 Å². The highest BCUT2D eigenvalue weighted by Crippen LogP contribution is 2.25. The molecule has 2 rings (SSSR count). The summed E-state index contributed by atoms with van der Waals surface area (Å²) in [6.45, 7) is 0.760. The summed E-state index contributed by atoms with van der Waals surface area (Å²) in [5.41, 5.74) is 6.32. The number of aromatic hydroxyl groups is 1. The monoisotopic (exact) mass is 328 g/mol. The van der Waals surface area contributed by atoms with Gasteiger partial charge >= 0.3 is 5.97 Å². The average Bonchev–Trinajstić information content (AvgIpc) is 2.59. The van der Waals surface area contributed by atoms with Gasteiger partial charge in [0, 0.05) is 18.7 Å². The lowest BCUT2D eigenvalue weighted by Crippen LogP contribution is -2.28. The van der Waals surface area contributed by atoms with E-state index in [1.54, 1.807) is 24.3 Å². The second-order valence-corrected chi connectivity index (χ2v) is 4.80. The molecule has 1 amide bonds. The van der Waals surface area contributed by atoms with Crippen molar-refractivity contribution in [2.75, 3.05) is 13.1 Å². The molecule has 0 fully saturated rings. The van der Waals surface area contributed by atoms with Gasteiger partial charge in [0.05, 0.1) is 11.4 Å². The van der Waals surface area contributed by atoms with Gasteiger partial charge < -0.3 is 21.3 Å². The van der Waals surface area contributed by atoms with E-state index in [9.17, 15) is 14.7 Å². The first-order valence-electron chi connectivity index (χ1n) is 7.07. The van der Waals surface area contributed by atoms with Gasteiger partial charge in [-0.3, -0.25) is 4.79 Å². The van der Waals surface area contributed by atoms with Crippen molar-refractivity contribution in [3.8, 4) is 5.75 Å². The molecule has 8 nitrogen and oxygen atoms in total. The zero-order valence-electron chi connectivity index (χ0n) is 12.6. The van der Waals surface area contributed by atoms with Gasteiger partial charge in [0.2, 0.25) is 0 Å². The molecule has 0 atom stereocenters. The fraction of sp³-hybridized carbons (Fsp3) is 0.125. The summed E-state index contributed by atoms with van der Waals surface area (Å²) in [7, 11) is 0. The van der Waals surface area contributed by atoms with Crippen molar-refractivity contribution in [1.82, 2.24) is 5.32 Å². The Labute approximate surface area is 137 Å². The summed E-state index contributed by atoms with van der Waals surface area (Å²) < 4.78 is 0. The number of nitrogens with zero attached hydrogens (tertiary/aromatic N) is 2. The third kappa shape index (κ3) is 4.37. The van der Waals surface area contributed by atoms with Crippen LogP contribution in [-0.2, 0) is 0 Å². The lowest BCUT2D eigenvalue weighted by atomic mass is 10.2. The Morgan fingerprint density at radius 1 is 1.04 bits per heavy atom. The van der Waals surface area contributed by atoms with Crippen LogP contribution in [0.3, 0.4) is 0 Å². The Kier molecular flexibility index (Phi) is 5.58. The van der Waals surface area contributed by atoms with Crippen LogP contribution in [0.4, 0.5) is 11.4 Å². The highest BCUT2D eigenvalue weighted by Gasteiger charge is 2.10. The number of carboxylic acids is 1. The average molecular weight is 328 g/mol. The Balaban J connectivity index is 2.11. The lowest BCUT2D eigenvalue weighted by Gasteiger charge is -2.03. The molecule has 0 aromatic heterocycles. The van der Waals surface area contributed by atoms with Crippen LogP contribution >= 0.6 is 0 Å². The summed E-state index contributed by atoms with van der Waals surface area (Å²) >= 11 is 0. The molecule has 0 radical (unpaired) electrons. The number of nitrogens with two attached hydrogens (primary N) is 1. The van der Waals surface area contributed by atoms with E-state index in [2.05, 4.69) is 15.5 Å². The third-order valence-corrected chi connectivity index (χ3v) is 3.05. The summed E-state index contributed by atoms with van der Waals surface area (Å²) in [4.78, 5) is 22.7. The topological polar surface area (TPSA) is 137 Å². The number of benzene rings is 2. The first-order valence-corrected chi connectivity index (χ1v) is 7.07. The lowest BCUT2D eigenvalue weighted by molar-refractivity contribution is 0.0693. The molecule has 8 heteroatoms. The number of carbonyl (C=O) groups is 2. The normalized spacial score (nSPS) is 10.7. The van der Waals surface area contributed by atoms with E-state index in [-0.39, 0.29) is 22.9 Å². The van der Waals surface area contributed by atoms with Crippen molar-refractivity contribution >= 4 is 23.3 Å². The van der Waals surface area contributed by atoms with E-state index in [0.29, 0.717) is 24.3 Å². The highest BCUT2D eigenvalue weighted by molar-refractivity contribution is 5.94. The molecule has 5 N–H and O–H groups in total. The summed E-state index contributed by atoms with van der Waals surface area (Å²) in [6.07, 6.45) is 0. The van der Waals surface area contributed by atoms with Crippen LogP contribution in [0.5, 0.6) is 5.75 Å². The maximum absolute atomic E-state index is 11.7. The van der Waals surface area contributed by atoms with Gasteiger partial charge in [-0.1, -0.05) is 0 Å². The number of hydrogen-bond acceptors (Lipinski definition) is 6. The first kappa shape index (κ1) is 17.1. The minimum atomic E-state index is -1.25. The van der Waals surface area contributed by atoms with Gasteiger partial charge in [-0.15, -0.1) is 0 Å². The number of rotatable bonds is 6. The van der Waals surface area contributed by atoms with E-state index in [0.717, 1.165) is 0 Å². The minimum Gasteiger partial charge on any atom is -0.507 e. The van der Waals surface area contributed by atoms with Crippen molar-refractivity contribution in [2.24, 2.45) is 16.0 Å². The maximum atomic E-state index is 11.7. The molecular weight excluding hydrogens is 312 g/mol. The van der Waals surface area contributed by atoms with Gasteiger partial charge in [0.1, 0.15) is 11.3 Å². The van der Waals surface area contributed by atoms with Crippen molar-refractivity contribution in [2.45, 2.75) is 0 Å². The Bertz CT molecular complexity index is 772. The highest BCUT2D eigenvalue weighted by atomic mass is 16.4. The number of carbonyl (C=O) groups excluding carboxylic acids is 1. The van der Waals surface area contributed by atoms with Crippen LogP contribution in [0.15, 0.2) is 52.7 Å². The molecule has 124 valence electrons. The predicted molar refractivity (Wildman–Crippen MR) is 87.1 cm³/mol. The maximum Gasteiger partial charge on any atom is 0.339 e. The van der Waals surface area contributed by atoms with Crippen molar-refractivity contribution < 1.29 is 19.8 Å². The molecule has 2 aromatic carbocycles. The zero-order chi connectivity index (χ0) is 17.5. The number of aromatic carboxylic acids is 1. The first-order chi connectivity index (χ1) is 11.5. The fourth-order valence-electron chi connectivity index (χ4n) is 1.84. The van der Waals surface area contributed by atoms with Crippen LogP contribution in [0, 0.1) is 0 Å². The molecule has 0 aliphatic rings. The van der Waals surface area contributed by atoms with Crippen LogP contribution in [-0.4, -0.2) is 35.2 Å². The predicted octanol–water partition coefficient (Wildman–Crippen LogP) is 2.19. The van der Waals surface area contributed by atoms with Gasteiger partial charge in [-0.05, 0) is 42.5 Å². The van der Waals surface area contributed by atoms with Crippen LogP contribution in [0.1, 0.15) is 20.7 Å². The largest absolute Gasteiger partial charge is 0.507 e. The molecule has 0 bridgehead atoms. The molecule has 0 saturated carbocycles. The van der Waals surface area contributed by atoms with E-state index in [1.807, 2.05) is 0 Å². The summed E-state index contributed by atoms with van der Waals surface area (Å²) in [5.74, 6) is -1.82. The molecular formula is C16H16N4O4. The standard InChI is InChI=1S/C16H16N4O4/c17-7-8-18-15(22)10-1-3-11(4-2-10)19-20-12-5-6-14(21)13(9-12)16(23)24/h1-6,9,21H,7-8,17H2,(H,18,22)(H,23,24). The number of amides is 1. The zero-order valence-corrected chi connectivity index (χ0v) is 12.6. The molecule has 0 saturated heterocycles. The third-order valence-electron chi connectivity index (χ3n) is 3.05. The number of hydrogen-bond donors (Lipinski definition) is 4. The number of nitrogens with one attached hydrogen (secondary N) is 1. The number of phenols is 1. The fourth-order valence-corrected chi connectivity index (χ4v) is 1.84. The van der Waals surface area contributed by atoms with Crippen molar-refractivity contribution in [3.63, 3.8) is 0 Å². The molecule has 0 heterocycles. The number of azo groups is 1. The van der Waals surface area contributed by atoms with E-state index >= 15 is 0 Å². The SMILES string of the molecule is NCCNC(=O)c1ccc(N=Nc2ccc(O)c(C(=O)O)c2)cc1. The van der Waals surface area contributed by atoms with E-state index in [4.69, 9.17) is 10.8 Å². The summed E-state index contributed by atoms with van der Waals surface area (Å²) in [5, 5.41) is 28.9. The second kappa shape index (κ2) is 7.84. The number of carboxylic acid groups (broad SMARTS) is 1. The van der Waals surface area contributed by atoms with Gasteiger partial charge in [0.15, 0.2) is 0 Å². The quantitative estimate of drug-likeness (QED) is 0.602. The molecule has 0 aliphatic heterocycles. The van der Waals surface area contributed by atoms with Crippen molar-refractivity contribution in [3.05, 3.63) is 53.6 Å². The Morgan fingerprint density at radius 2 is 1.67 bits per heavy atom. The Hall–Kier alpha value is -3.26. The van der Waals surface area contributed by atoms with Gasteiger partial charge in [-0.2, -0.15) is 10.2 Å². The van der Waals surface area contributed by atoms with Crippen LogP contribution in [0.25, 0.3) is 0 Å². The van der Waals surface area contributed by atoms with Crippen LogP contribution in [0.2, 0.25) is 0 Å². The van der Waals surface area contributed by atoms with Crippen LogP contribution < -0.4 is 11.1 Å². The van der Waals surface area contributed by atoms with Crippen molar-refractivity contribution in [1.29, 1.82) is 0 Å². The molecule has 24 heavy (non-hydrogen) atoms. The van der Waals surface area contributed by atoms with E-state index in [1.165, 1.54) is 18.2 Å². The molecule has 0 spiro atoms. The Morgan fingerprint density at radius 3 is 2.29 bits per heavy atom. The second-order valence-electron chi connectivity index (χ2n) is 4.80. The molecule has 0 unspecified atom stereocenters. The molecule has 0 aliphatic carbocycles. The molecule has 2 aromatic rings. The smallest absolute Gasteiger partial charge is 0.339 e. The summed E-state index contributed by atoms with van der Waals surface area (Å²) in [6, 6.07) is 10.3.